The molecule has 0 aliphatic carbocycles. The first kappa shape index (κ1) is 43.0. The van der Waals surface area contributed by atoms with E-state index in [-0.39, 0.29) is 39.6 Å². The summed E-state index contributed by atoms with van der Waals surface area (Å²) in [7, 11) is 1.32. The van der Waals surface area contributed by atoms with Gasteiger partial charge in [0.15, 0.2) is 0 Å². The maximum atomic E-state index is 10.9. The molecule has 4 aliphatic heterocycles. The van der Waals surface area contributed by atoms with E-state index in [0.717, 1.165) is 0 Å². The standard InChI is InChI=1S/C33H60O18/c1-5-19-28(39)25(36)16(14(2)48-19)8-45-12-23-30(41)27(38)18(20(6-34)50-23)10-47-11-22-29(40)26(37)17(15(3)49-22)9-46-13-24-32(43)33(44-4)31(42)21(7-35)51-24/h14-43H,5-13H2,1-4H3/t14?,15?,16-,17+,18+,19-,20?,21?,22-,23-,24-,25-,26-,27-,28+,29+,30+,31+,32+,33-/m0/s1. The molecule has 10 N–H and O–H groups in total. The summed E-state index contributed by atoms with van der Waals surface area (Å²) in [6.45, 7) is 3.55. The molecule has 0 aromatic heterocycles. The summed E-state index contributed by atoms with van der Waals surface area (Å²) in [4.78, 5) is 0. The average Bonchev–Trinajstić information content (AvgIpc) is 3.11. The molecule has 300 valence electrons. The monoisotopic (exact) mass is 744 g/mol. The lowest BCUT2D eigenvalue weighted by molar-refractivity contribution is -0.252. The van der Waals surface area contributed by atoms with Crippen LogP contribution in [0.15, 0.2) is 0 Å². The van der Waals surface area contributed by atoms with Gasteiger partial charge in [0.05, 0.1) is 95.6 Å². The predicted octanol–water partition coefficient (Wildman–Crippen LogP) is -4.71. The van der Waals surface area contributed by atoms with Crippen molar-refractivity contribution in [1.29, 1.82) is 0 Å². The zero-order chi connectivity index (χ0) is 37.6. The molecule has 0 bridgehead atoms. The number of hydrogen-bond donors (Lipinski definition) is 10. The minimum Gasteiger partial charge on any atom is -0.394 e. The smallest absolute Gasteiger partial charge is 0.114 e. The number of aliphatic hydroxyl groups excluding tert-OH is 10. The van der Waals surface area contributed by atoms with Crippen LogP contribution in [0.4, 0.5) is 0 Å². The van der Waals surface area contributed by atoms with E-state index in [1.54, 1.807) is 13.8 Å². The van der Waals surface area contributed by atoms with E-state index in [0.29, 0.717) is 6.42 Å². The van der Waals surface area contributed by atoms with E-state index in [2.05, 4.69) is 0 Å². The lowest BCUT2D eigenvalue weighted by Gasteiger charge is -2.44. The van der Waals surface area contributed by atoms with Crippen molar-refractivity contribution < 1.29 is 89.0 Å². The van der Waals surface area contributed by atoms with Crippen molar-refractivity contribution in [1.82, 2.24) is 0 Å². The highest BCUT2D eigenvalue weighted by Crippen LogP contribution is 2.32. The second-order valence-electron chi connectivity index (χ2n) is 14.2. The van der Waals surface area contributed by atoms with Gasteiger partial charge in [-0.3, -0.25) is 0 Å². The average molecular weight is 745 g/mol. The van der Waals surface area contributed by atoms with Crippen LogP contribution in [-0.2, 0) is 37.9 Å². The maximum absolute atomic E-state index is 10.9. The summed E-state index contributed by atoms with van der Waals surface area (Å²) in [5.74, 6) is -2.07. The van der Waals surface area contributed by atoms with Crippen molar-refractivity contribution in [2.45, 2.75) is 131 Å². The molecule has 0 amide bonds. The Morgan fingerprint density at radius 3 is 1.27 bits per heavy atom. The van der Waals surface area contributed by atoms with Crippen LogP contribution in [-0.4, -0.2) is 215 Å². The minimum absolute atomic E-state index is 0.00126. The molecule has 0 aromatic rings. The molecule has 4 heterocycles. The Balaban J connectivity index is 1.21. The van der Waals surface area contributed by atoms with Crippen molar-refractivity contribution in [3.8, 4) is 0 Å². The van der Waals surface area contributed by atoms with Crippen LogP contribution in [0, 0.1) is 17.8 Å². The van der Waals surface area contributed by atoms with Crippen molar-refractivity contribution >= 4 is 0 Å². The van der Waals surface area contributed by atoms with Gasteiger partial charge in [-0.2, -0.15) is 0 Å². The van der Waals surface area contributed by atoms with Crippen LogP contribution in [0.1, 0.15) is 27.2 Å². The SMILES string of the molecule is CC[C@@H]1OC(C)[C@H](COC[C@@H]2OC(CO)[C@@H](COC[C@@H]3OC(C)[C@@H](COC[C@@H]4OC(CO)[C@@H](O)[C@H](OC)[C@@H]4O)[C@H](O)[C@@H]3O)[C@H](O)[C@@H]2O)[C@H](O)[C@@H]1O. The number of rotatable bonds is 16. The zero-order valence-electron chi connectivity index (χ0n) is 29.6. The van der Waals surface area contributed by atoms with Crippen LogP contribution in [0.3, 0.4) is 0 Å². The first-order chi connectivity index (χ1) is 24.3. The molecule has 18 nitrogen and oxygen atoms in total. The Morgan fingerprint density at radius 2 is 0.804 bits per heavy atom. The van der Waals surface area contributed by atoms with Gasteiger partial charge in [-0.15, -0.1) is 0 Å². The normalized spacial score (nSPS) is 48.1. The van der Waals surface area contributed by atoms with E-state index in [1.807, 2.05) is 6.92 Å². The molecule has 51 heavy (non-hydrogen) atoms. The Hall–Kier alpha value is -0.720. The summed E-state index contributed by atoms with van der Waals surface area (Å²) >= 11 is 0. The lowest BCUT2D eigenvalue weighted by Crippen LogP contribution is -2.60. The summed E-state index contributed by atoms with van der Waals surface area (Å²) in [6, 6.07) is 0. The Morgan fingerprint density at radius 1 is 0.431 bits per heavy atom. The summed E-state index contributed by atoms with van der Waals surface area (Å²) in [5.41, 5.74) is 0. The molecule has 0 radical (unpaired) electrons. The van der Waals surface area contributed by atoms with Gasteiger partial charge >= 0.3 is 0 Å². The largest absolute Gasteiger partial charge is 0.394 e. The molecule has 18 heteroatoms. The van der Waals surface area contributed by atoms with Crippen LogP contribution in [0.2, 0.25) is 0 Å². The van der Waals surface area contributed by atoms with Gasteiger partial charge in [-0.1, -0.05) is 6.92 Å². The highest BCUT2D eigenvalue weighted by atomic mass is 16.6. The van der Waals surface area contributed by atoms with Gasteiger partial charge in [0, 0.05) is 24.9 Å². The van der Waals surface area contributed by atoms with Crippen molar-refractivity contribution in [2.75, 3.05) is 60.0 Å². The Bertz CT molecular complexity index is 1010. The number of aliphatic hydroxyl groups is 10. The highest BCUT2D eigenvalue weighted by molar-refractivity contribution is 4.96. The molecule has 0 spiro atoms. The van der Waals surface area contributed by atoms with Crippen LogP contribution >= 0.6 is 0 Å². The van der Waals surface area contributed by atoms with E-state index in [9.17, 15) is 51.1 Å². The van der Waals surface area contributed by atoms with E-state index < -0.39 is 135 Å². The molecule has 20 atom stereocenters. The summed E-state index contributed by atoms with van der Waals surface area (Å²) in [5, 5.41) is 105. The molecule has 0 saturated carbocycles. The number of hydrogen-bond acceptors (Lipinski definition) is 18. The van der Waals surface area contributed by atoms with Gasteiger partial charge in [-0.05, 0) is 20.3 Å². The third-order valence-corrected chi connectivity index (χ3v) is 10.9. The van der Waals surface area contributed by atoms with Gasteiger partial charge in [0.1, 0.15) is 61.0 Å². The molecule has 4 unspecified atom stereocenters. The third kappa shape index (κ3) is 9.94. The fourth-order valence-electron chi connectivity index (χ4n) is 7.52. The molecule has 0 aromatic carbocycles. The lowest BCUT2D eigenvalue weighted by atomic mass is 9.86. The van der Waals surface area contributed by atoms with Crippen molar-refractivity contribution in [3.63, 3.8) is 0 Å². The Kier molecular flexibility index (Phi) is 16.7. The molecule has 4 saturated heterocycles. The van der Waals surface area contributed by atoms with Crippen LogP contribution in [0.25, 0.3) is 0 Å². The van der Waals surface area contributed by atoms with Gasteiger partial charge in [0.2, 0.25) is 0 Å². The highest BCUT2D eigenvalue weighted by Gasteiger charge is 2.48. The third-order valence-electron chi connectivity index (χ3n) is 10.9. The van der Waals surface area contributed by atoms with E-state index in [1.165, 1.54) is 7.11 Å². The second-order valence-corrected chi connectivity index (χ2v) is 14.2. The molecular formula is C33H60O18. The van der Waals surface area contributed by atoms with E-state index >= 15 is 0 Å². The molecule has 4 aliphatic rings. The summed E-state index contributed by atoms with van der Waals surface area (Å²) in [6.07, 6.45) is -16.8. The molecule has 4 fully saturated rings. The van der Waals surface area contributed by atoms with Gasteiger partial charge in [-0.25, -0.2) is 0 Å². The quantitative estimate of drug-likeness (QED) is 0.0711. The zero-order valence-corrected chi connectivity index (χ0v) is 29.6. The topological polar surface area (TPSA) is 276 Å². The predicted molar refractivity (Wildman–Crippen MR) is 172 cm³/mol. The number of methoxy groups -OCH3 is 1. The van der Waals surface area contributed by atoms with Gasteiger partial charge in [0.25, 0.3) is 0 Å². The van der Waals surface area contributed by atoms with Crippen LogP contribution < -0.4 is 0 Å². The summed E-state index contributed by atoms with van der Waals surface area (Å²) < 4.78 is 45.5. The van der Waals surface area contributed by atoms with Crippen molar-refractivity contribution in [2.24, 2.45) is 17.8 Å². The maximum Gasteiger partial charge on any atom is 0.114 e. The van der Waals surface area contributed by atoms with Crippen molar-refractivity contribution in [3.05, 3.63) is 0 Å². The second kappa shape index (κ2) is 19.7. The minimum atomic E-state index is -1.40. The number of ether oxygens (including phenoxy) is 8. The molecule has 4 rings (SSSR count). The van der Waals surface area contributed by atoms with Gasteiger partial charge < -0.3 is 89.0 Å². The van der Waals surface area contributed by atoms with E-state index in [4.69, 9.17) is 37.9 Å². The first-order valence-corrected chi connectivity index (χ1v) is 17.8. The Labute approximate surface area is 297 Å². The van der Waals surface area contributed by atoms with Crippen LogP contribution in [0.5, 0.6) is 0 Å². The fourth-order valence-corrected chi connectivity index (χ4v) is 7.52. The fraction of sp³-hybridized carbons (Fsp3) is 1.00. The first-order valence-electron chi connectivity index (χ1n) is 17.8. The molecular weight excluding hydrogens is 684 g/mol.